The number of ketones is 1. The lowest BCUT2D eigenvalue weighted by molar-refractivity contribution is -0.112. The number of nitrogens with one attached hydrogen (secondary N) is 1. The summed E-state index contributed by atoms with van der Waals surface area (Å²) in [4.78, 5) is 38.6. The van der Waals surface area contributed by atoms with E-state index < -0.39 is 23.6 Å². The highest BCUT2D eigenvalue weighted by atomic mass is 19.1. The zero-order valence-corrected chi connectivity index (χ0v) is 21.5. The summed E-state index contributed by atoms with van der Waals surface area (Å²) in [6, 6.07) is 16.4. The van der Waals surface area contributed by atoms with Crippen molar-refractivity contribution in [2.24, 2.45) is 7.05 Å². The number of amides is 1. The summed E-state index contributed by atoms with van der Waals surface area (Å²) in [5, 5.41) is 13.9. The highest BCUT2D eigenvalue weighted by Gasteiger charge is 2.41. The number of hydrogen-bond acceptors (Lipinski definition) is 7. The van der Waals surface area contributed by atoms with Crippen LogP contribution in [0.25, 0.3) is 11.1 Å². The van der Waals surface area contributed by atoms with Crippen molar-refractivity contribution < 1.29 is 19.1 Å². The lowest BCUT2D eigenvalue weighted by Crippen LogP contribution is -2.53. The Balaban J connectivity index is 1.21. The minimum atomic E-state index is -0.823. The first kappa shape index (κ1) is 24.7. The van der Waals surface area contributed by atoms with E-state index in [4.69, 9.17) is 0 Å². The Morgan fingerprint density at radius 1 is 1.05 bits per heavy atom. The van der Waals surface area contributed by atoms with Crippen molar-refractivity contribution in [3.63, 3.8) is 0 Å². The van der Waals surface area contributed by atoms with Crippen LogP contribution < -0.4 is 15.1 Å². The van der Waals surface area contributed by atoms with Gasteiger partial charge in [-0.25, -0.2) is 14.4 Å². The topological polar surface area (TPSA) is 104 Å². The van der Waals surface area contributed by atoms with Crippen LogP contribution in [-0.2, 0) is 11.8 Å². The van der Waals surface area contributed by atoms with Crippen LogP contribution in [0.4, 0.5) is 21.7 Å². The second-order valence-corrected chi connectivity index (χ2v) is 9.88. The van der Waals surface area contributed by atoms with E-state index in [9.17, 15) is 19.1 Å². The summed E-state index contributed by atoms with van der Waals surface area (Å²) in [6.45, 7) is 3.58. The minimum absolute atomic E-state index is 0.255. The fourth-order valence-corrected chi connectivity index (χ4v) is 5.51. The number of benzene rings is 2. The summed E-state index contributed by atoms with van der Waals surface area (Å²) in [5.74, 6) is -1.48. The van der Waals surface area contributed by atoms with Crippen LogP contribution in [0.1, 0.15) is 27.8 Å². The van der Waals surface area contributed by atoms with Gasteiger partial charge < -0.3 is 24.8 Å². The molecule has 9 nitrogen and oxygen atoms in total. The fourth-order valence-electron chi connectivity index (χ4n) is 5.51. The van der Waals surface area contributed by atoms with E-state index in [0.717, 1.165) is 29.3 Å². The number of rotatable bonds is 5. The zero-order chi connectivity index (χ0) is 27.3. The molecule has 1 fully saturated rings. The first-order valence-electron chi connectivity index (χ1n) is 12.7. The van der Waals surface area contributed by atoms with Gasteiger partial charge in [0.1, 0.15) is 11.8 Å². The number of aliphatic hydroxyl groups is 1. The number of aromatic nitrogens is 3. The maximum atomic E-state index is 13.3. The number of halogens is 1. The molecule has 4 heterocycles. The molecule has 2 atom stereocenters. The van der Waals surface area contributed by atoms with E-state index in [1.165, 1.54) is 0 Å². The van der Waals surface area contributed by atoms with E-state index >= 15 is 0 Å². The standard InChI is InChI=1S/C29H27FN6O3/c1-17-12-21(18-6-4-3-5-7-18)25(34(17)2)27(38)28(39)33-20-8-9-23-22(13-20)26(37)24-16-35(10-11-36(23)24)29-31-14-19(30)15-32-29/h3-9,12-15,24,26,37H,10-11,16H2,1-2H3,(H,33,39)/t24-,26?/m1/s1. The van der Waals surface area contributed by atoms with Gasteiger partial charge in [-0.3, -0.25) is 9.59 Å². The van der Waals surface area contributed by atoms with Gasteiger partial charge in [-0.1, -0.05) is 30.3 Å². The van der Waals surface area contributed by atoms with Gasteiger partial charge in [0.2, 0.25) is 5.95 Å². The molecule has 2 aliphatic heterocycles. The Morgan fingerprint density at radius 3 is 2.54 bits per heavy atom. The Labute approximate surface area is 224 Å². The molecule has 0 bridgehead atoms. The van der Waals surface area contributed by atoms with Crippen LogP contribution in [0.3, 0.4) is 0 Å². The molecule has 10 heteroatoms. The van der Waals surface area contributed by atoms with Crippen molar-refractivity contribution in [1.82, 2.24) is 14.5 Å². The number of aliphatic hydroxyl groups excluding tert-OH is 1. The van der Waals surface area contributed by atoms with Crippen molar-refractivity contribution in [2.75, 3.05) is 34.8 Å². The third kappa shape index (κ3) is 4.32. The monoisotopic (exact) mass is 526 g/mol. The molecule has 0 aliphatic carbocycles. The third-order valence-corrected chi connectivity index (χ3v) is 7.56. The van der Waals surface area contributed by atoms with Gasteiger partial charge in [-0.2, -0.15) is 0 Å². The number of hydrogen-bond donors (Lipinski definition) is 2. The largest absolute Gasteiger partial charge is 0.386 e. The number of aryl methyl sites for hydroxylation is 1. The predicted molar refractivity (Wildman–Crippen MR) is 145 cm³/mol. The molecule has 2 aromatic carbocycles. The first-order chi connectivity index (χ1) is 18.8. The van der Waals surface area contributed by atoms with E-state index in [0.29, 0.717) is 48.1 Å². The smallest absolute Gasteiger partial charge is 0.298 e. The number of anilines is 3. The third-order valence-electron chi connectivity index (χ3n) is 7.56. The Hall–Kier alpha value is -4.57. The SMILES string of the molecule is Cc1cc(-c2ccccc2)c(C(=O)C(=O)Nc2ccc3c(c2)C(O)[C@H]2CN(c4ncc(F)cn4)CCN32)n1C. The molecule has 0 saturated carbocycles. The van der Waals surface area contributed by atoms with Crippen molar-refractivity contribution in [3.05, 3.63) is 89.8 Å². The van der Waals surface area contributed by atoms with E-state index in [2.05, 4.69) is 20.2 Å². The normalized spacial score (nSPS) is 18.1. The van der Waals surface area contributed by atoms with E-state index in [-0.39, 0.29) is 6.04 Å². The number of fused-ring (bicyclic) bond motifs is 3. The van der Waals surface area contributed by atoms with Gasteiger partial charge in [0.05, 0.1) is 18.4 Å². The second-order valence-electron chi connectivity index (χ2n) is 9.88. The van der Waals surface area contributed by atoms with Crippen LogP contribution >= 0.6 is 0 Å². The predicted octanol–water partition coefficient (Wildman–Crippen LogP) is 3.49. The molecule has 0 spiro atoms. The van der Waals surface area contributed by atoms with Crippen molar-refractivity contribution in [2.45, 2.75) is 19.1 Å². The van der Waals surface area contributed by atoms with Crippen LogP contribution in [0, 0.1) is 12.7 Å². The van der Waals surface area contributed by atoms with Crippen molar-refractivity contribution in [1.29, 1.82) is 0 Å². The minimum Gasteiger partial charge on any atom is -0.386 e. The summed E-state index contributed by atoms with van der Waals surface area (Å²) in [6.07, 6.45) is 1.44. The molecule has 6 rings (SSSR count). The molecule has 1 saturated heterocycles. The van der Waals surface area contributed by atoms with Crippen LogP contribution in [0.15, 0.2) is 67.0 Å². The lowest BCUT2D eigenvalue weighted by atomic mass is 10.0. The van der Waals surface area contributed by atoms with Crippen molar-refractivity contribution >= 4 is 29.0 Å². The van der Waals surface area contributed by atoms with Gasteiger partial charge in [-0.15, -0.1) is 0 Å². The summed E-state index contributed by atoms with van der Waals surface area (Å²) in [5.41, 5.74) is 4.71. The first-order valence-corrected chi connectivity index (χ1v) is 12.7. The summed E-state index contributed by atoms with van der Waals surface area (Å²) >= 11 is 0. The molecule has 198 valence electrons. The number of piperazine rings is 1. The molecule has 1 unspecified atom stereocenters. The van der Waals surface area contributed by atoms with Gasteiger partial charge >= 0.3 is 0 Å². The maximum absolute atomic E-state index is 13.3. The average Bonchev–Trinajstić information content (AvgIpc) is 3.41. The molecule has 2 aromatic heterocycles. The maximum Gasteiger partial charge on any atom is 0.298 e. The number of carbonyl (C=O) groups excluding carboxylic acids is 2. The lowest BCUT2D eigenvalue weighted by Gasteiger charge is -2.39. The average molecular weight is 527 g/mol. The number of Topliss-reactive ketones (excluding diaryl/α,β-unsaturated/α-hetero) is 1. The van der Waals surface area contributed by atoms with Crippen LogP contribution in [0.2, 0.25) is 0 Å². The Morgan fingerprint density at radius 2 is 1.79 bits per heavy atom. The number of nitrogens with zero attached hydrogens (tertiary/aromatic N) is 5. The van der Waals surface area contributed by atoms with Crippen LogP contribution in [-0.4, -0.2) is 57.0 Å². The van der Waals surface area contributed by atoms with Gasteiger partial charge in [0.25, 0.3) is 11.7 Å². The molecule has 39 heavy (non-hydrogen) atoms. The molecule has 4 aromatic rings. The summed E-state index contributed by atoms with van der Waals surface area (Å²) < 4.78 is 15.0. The molecule has 0 radical (unpaired) electrons. The molecular weight excluding hydrogens is 499 g/mol. The molecule has 2 aliphatic rings. The van der Waals surface area contributed by atoms with E-state index in [1.54, 1.807) is 23.7 Å². The van der Waals surface area contributed by atoms with Gasteiger partial charge in [0.15, 0.2) is 5.82 Å². The van der Waals surface area contributed by atoms with Crippen molar-refractivity contribution in [3.8, 4) is 11.1 Å². The second kappa shape index (κ2) is 9.63. The molecular formula is C29H27FN6O3. The molecule has 2 N–H and O–H groups in total. The Kier molecular flexibility index (Phi) is 6.11. The highest BCUT2D eigenvalue weighted by molar-refractivity contribution is 6.47. The van der Waals surface area contributed by atoms with Crippen LogP contribution in [0.5, 0.6) is 0 Å². The number of carbonyl (C=O) groups is 2. The quantitative estimate of drug-likeness (QED) is 0.303. The van der Waals surface area contributed by atoms with Gasteiger partial charge in [0, 0.05) is 54.9 Å². The van der Waals surface area contributed by atoms with Gasteiger partial charge in [-0.05, 0) is 36.8 Å². The summed E-state index contributed by atoms with van der Waals surface area (Å²) in [7, 11) is 1.77. The highest BCUT2D eigenvalue weighted by Crippen LogP contribution is 2.42. The zero-order valence-electron chi connectivity index (χ0n) is 21.5. The van der Waals surface area contributed by atoms with E-state index in [1.807, 2.05) is 54.3 Å². The Bertz CT molecular complexity index is 1570. The fraction of sp³-hybridized carbons (Fsp3) is 0.241. The molecule has 1 amide bonds.